The largest absolute Gasteiger partial charge is 0.421 e. The number of aromatic nitrogens is 4. The summed E-state index contributed by atoms with van der Waals surface area (Å²) in [5, 5.41) is 14.3. The Morgan fingerprint density at radius 3 is 2.70 bits per heavy atom. The molecule has 0 amide bonds. The van der Waals surface area contributed by atoms with E-state index in [1.165, 1.54) is 24.3 Å². The molecule has 4 rings (SSSR count). The predicted octanol–water partition coefficient (Wildman–Crippen LogP) is 2.56. The Labute approximate surface area is 175 Å². The fraction of sp³-hybridized carbons (Fsp3) is 0.211. The van der Waals surface area contributed by atoms with Gasteiger partial charge in [-0.3, -0.25) is 9.48 Å². The summed E-state index contributed by atoms with van der Waals surface area (Å²) in [5.41, 5.74) is -1.88. The van der Waals surface area contributed by atoms with Crippen LogP contribution < -0.4 is 11.2 Å². The zero-order chi connectivity index (χ0) is 21.6. The van der Waals surface area contributed by atoms with Gasteiger partial charge in [0, 0.05) is 11.9 Å². The van der Waals surface area contributed by atoms with E-state index in [4.69, 9.17) is 11.6 Å². The topological polar surface area (TPSA) is 127 Å². The number of nitrogens with one attached hydrogen (secondary N) is 1. The molecule has 0 saturated heterocycles. The molecule has 9 nitrogen and oxygen atoms in total. The molecule has 0 radical (unpaired) electrons. The van der Waals surface area contributed by atoms with Gasteiger partial charge in [-0.05, 0) is 36.8 Å². The van der Waals surface area contributed by atoms with E-state index in [0.717, 1.165) is 18.2 Å². The molecule has 0 aliphatic carbocycles. The smallest absolute Gasteiger partial charge is 0.362 e. The van der Waals surface area contributed by atoms with E-state index >= 15 is 0 Å². The number of nitrogens with zero attached hydrogens (tertiary/aromatic N) is 3. The van der Waals surface area contributed by atoms with Crippen LogP contribution in [0.15, 0.2) is 55.9 Å². The molecule has 0 atom stereocenters. The van der Waals surface area contributed by atoms with Crippen LogP contribution in [0.5, 0.6) is 0 Å². The van der Waals surface area contributed by atoms with Gasteiger partial charge in [-0.25, -0.2) is 13.2 Å². The van der Waals surface area contributed by atoms with Gasteiger partial charge in [0.05, 0.1) is 37.4 Å². The highest BCUT2D eigenvalue weighted by Crippen LogP contribution is 2.30. The second-order valence-corrected chi connectivity index (χ2v) is 9.11. The summed E-state index contributed by atoms with van der Waals surface area (Å²) < 4.78 is 28.4. The lowest BCUT2D eigenvalue weighted by Gasteiger charge is -2.10. The average molecular weight is 449 g/mol. The number of fused-ring (bicyclic) bond motifs is 2. The van der Waals surface area contributed by atoms with Crippen molar-refractivity contribution < 1.29 is 13.6 Å². The van der Waals surface area contributed by atoms with Crippen LogP contribution in [0, 0.1) is 0 Å². The van der Waals surface area contributed by atoms with E-state index in [0.29, 0.717) is 12.1 Å². The van der Waals surface area contributed by atoms with Crippen LogP contribution >= 0.6 is 11.6 Å². The fourth-order valence-electron chi connectivity index (χ4n) is 3.30. The highest BCUT2D eigenvalue weighted by Gasteiger charge is 2.25. The van der Waals surface area contributed by atoms with Crippen LogP contribution in [0.4, 0.5) is 0 Å². The van der Waals surface area contributed by atoms with Crippen LogP contribution in [0.1, 0.15) is 19.8 Å². The third kappa shape index (κ3) is 3.08. The molecule has 4 aromatic rings. The minimum atomic E-state index is -4.13. The number of unbranched alkanes of at least 4 members (excludes halogenated alkanes) is 1. The van der Waals surface area contributed by atoms with Crippen molar-refractivity contribution in [1.82, 2.24) is 19.5 Å². The van der Waals surface area contributed by atoms with E-state index in [1.807, 2.05) is 6.92 Å². The van der Waals surface area contributed by atoms with Gasteiger partial charge in [0.15, 0.2) is 0 Å². The summed E-state index contributed by atoms with van der Waals surface area (Å²) in [6.07, 6.45) is 3.52. The lowest BCUT2D eigenvalue weighted by Crippen LogP contribution is -2.33. The number of H-pyrrole nitrogens is 1. The molecule has 2 aromatic heterocycles. The molecular weight excluding hydrogens is 432 g/mol. The molecule has 0 aliphatic rings. The molecule has 2 N–H and O–H groups in total. The molecule has 0 bridgehead atoms. The van der Waals surface area contributed by atoms with E-state index in [9.17, 15) is 23.2 Å². The Morgan fingerprint density at radius 2 is 1.97 bits per heavy atom. The minimum absolute atomic E-state index is 0.0223. The number of hydrogen-bond donors (Lipinski definition) is 2. The summed E-state index contributed by atoms with van der Waals surface area (Å²) in [6, 6.07) is 7.06. The normalized spacial score (nSPS) is 12.1. The molecule has 30 heavy (non-hydrogen) atoms. The molecule has 0 fully saturated rings. The van der Waals surface area contributed by atoms with E-state index in [-0.39, 0.29) is 30.4 Å². The van der Waals surface area contributed by atoms with Crippen molar-refractivity contribution in [1.29, 1.82) is 0 Å². The first kappa shape index (κ1) is 20.2. The number of hydrogen-bond acceptors (Lipinski definition) is 6. The van der Waals surface area contributed by atoms with Crippen molar-refractivity contribution in [2.75, 3.05) is 0 Å². The Morgan fingerprint density at radius 1 is 1.20 bits per heavy atom. The van der Waals surface area contributed by atoms with Gasteiger partial charge < -0.3 is 10.2 Å². The Kier molecular flexibility index (Phi) is 4.91. The predicted molar refractivity (Wildman–Crippen MR) is 111 cm³/mol. The molecule has 0 unspecified atom stereocenters. The second kappa shape index (κ2) is 7.29. The van der Waals surface area contributed by atoms with Gasteiger partial charge in [0.1, 0.15) is 0 Å². The molecule has 0 aliphatic heterocycles. The first-order chi connectivity index (χ1) is 14.3. The summed E-state index contributed by atoms with van der Waals surface area (Å²) in [4.78, 5) is 26.1. The Balaban J connectivity index is 1.97. The van der Waals surface area contributed by atoms with Gasteiger partial charge in [-0.2, -0.15) is 5.10 Å². The molecular formula is C19H17ClN4O5S. The highest BCUT2D eigenvalue weighted by atomic mass is 35.5. The van der Waals surface area contributed by atoms with Crippen LogP contribution in [0.2, 0.25) is 5.02 Å². The number of sulfone groups is 1. The van der Waals surface area contributed by atoms with Crippen LogP contribution in [0.3, 0.4) is 0 Å². The summed E-state index contributed by atoms with van der Waals surface area (Å²) in [6.45, 7) is 2.70. The molecule has 0 saturated carbocycles. The lowest BCUT2D eigenvalue weighted by molar-refractivity contribution is 0.162. The number of aromatic amines is 1. The third-order valence-electron chi connectivity index (χ3n) is 4.89. The first-order valence-electron chi connectivity index (χ1n) is 9.13. The van der Waals surface area contributed by atoms with Crippen LogP contribution in [-0.4, -0.2) is 33.1 Å². The lowest BCUT2D eigenvalue weighted by atomic mass is 10.2. The summed E-state index contributed by atoms with van der Waals surface area (Å²) >= 11 is 6.03. The highest BCUT2D eigenvalue weighted by molar-refractivity contribution is 7.91. The molecule has 2 heterocycles. The molecule has 2 aromatic carbocycles. The van der Waals surface area contributed by atoms with Crippen molar-refractivity contribution in [3.05, 3.63) is 62.4 Å². The number of halogens is 1. The maximum atomic E-state index is 13.4. The quantitative estimate of drug-likeness (QED) is 0.452. The molecule has 0 spiro atoms. The zero-order valence-electron chi connectivity index (χ0n) is 15.8. The van der Waals surface area contributed by atoms with Gasteiger partial charge in [0.25, 0.3) is 5.56 Å². The summed E-state index contributed by atoms with van der Waals surface area (Å²) in [7, 11) is -4.13. The van der Waals surface area contributed by atoms with Crippen molar-refractivity contribution in [2.45, 2.75) is 36.1 Å². The van der Waals surface area contributed by atoms with Crippen molar-refractivity contribution in [3.63, 3.8) is 0 Å². The first-order valence-corrected chi connectivity index (χ1v) is 11.0. The van der Waals surface area contributed by atoms with Crippen molar-refractivity contribution >= 4 is 43.2 Å². The van der Waals surface area contributed by atoms with Crippen molar-refractivity contribution in [3.8, 4) is 0 Å². The number of aryl methyl sites for hydroxylation is 1. The fourth-order valence-corrected chi connectivity index (χ4v) is 4.98. The molecule has 156 valence electrons. The SMILES string of the molecule is CCCCn1ncc2ccc(S(=O)(=O)c3ccc(Cl)c4c(=O)n(O)c(=O)[nH]c34)cc21. The van der Waals surface area contributed by atoms with Gasteiger partial charge in [-0.1, -0.05) is 29.7 Å². The van der Waals surface area contributed by atoms with Gasteiger partial charge in [0.2, 0.25) is 9.84 Å². The Hall–Kier alpha value is -3.11. The maximum Gasteiger partial charge on any atom is 0.362 e. The van der Waals surface area contributed by atoms with Crippen molar-refractivity contribution in [2.24, 2.45) is 0 Å². The number of benzene rings is 2. The Bertz CT molecular complexity index is 1520. The maximum absolute atomic E-state index is 13.4. The third-order valence-corrected chi connectivity index (χ3v) is 7.00. The van der Waals surface area contributed by atoms with Crippen LogP contribution in [0.25, 0.3) is 21.8 Å². The van der Waals surface area contributed by atoms with Gasteiger partial charge >= 0.3 is 5.69 Å². The van der Waals surface area contributed by atoms with Gasteiger partial charge in [-0.15, -0.1) is 0 Å². The van der Waals surface area contributed by atoms with E-state index in [2.05, 4.69) is 10.1 Å². The second-order valence-electron chi connectivity index (χ2n) is 6.79. The molecule has 11 heteroatoms. The zero-order valence-corrected chi connectivity index (χ0v) is 17.4. The average Bonchev–Trinajstić information content (AvgIpc) is 3.12. The van der Waals surface area contributed by atoms with E-state index < -0.39 is 21.1 Å². The minimum Gasteiger partial charge on any atom is -0.421 e. The number of rotatable bonds is 5. The van der Waals surface area contributed by atoms with E-state index in [1.54, 1.807) is 16.9 Å². The van der Waals surface area contributed by atoms with Crippen LogP contribution in [-0.2, 0) is 16.4 Å². The standard InChI is InChI=1S/C19H17ClN4O5S/c1-2-3-8-23-14-9-12(5-4-11(14)10-21-23)30(28,29)15-7-6-13(20)16-17(15)22-19(26)24(27)18(16)25/h4-7,9-10,27H,2-3,8H2,1H3,(H,22,26). The monoisotopic (exact) mass is 448 g/mol. The summed E-state index contributed by atoms with van der Waals surface area (Å²) in [5.74, 6) is 0.